The van der Waals surface area contributed by atoms with Crippen molar-refractivity contribution in [3.8, 4) is 44.5 Å². The van der Waals surface area contributed by atoms with Crippen molar-refractivity contribution in [1.29, 1.82) is 0 Å². The van der Waals surface area contributed by atoms with Crippen LogP contribution in [0.3, 0.4) is 0 Å². The number of benzene rings is 22. The molecule has 22 aromatic rings. The van der Waals surface area contributed by atoms with E-state index in [9.17, 15) is 4.57 Å². The van der Waals surface area contributed by atoms with Gasteiger partial charge in [-0.1, -0.05) is 504 Å². The molecule has 0 saturated carbocycles. The quantitative estimate of drug-likeness (QED) is 0.0350. The molecule has 0 aliphatic carbocycles. The third-order valence-electron chi connectivity index (χ3n) is 25.6. The van der Waals surface area contributed by atoms with Crippen molar-refractivity contribution in [3.63, 3.8) is 0 Å². The van der Waals surface area contributed by atoms with E-state index in [0.29, 0.717) is 19.4 Å². The van der Waals surface area contributed by atoms with Crippen molar-refractivity contribution in [2.24, 2.45) is 0 Å². The van der Waals surface area contributed by atoms with Gasteiger partial charge >= 0.3 is 7.60 Å². The minimum atomic E-state index is -2.98. The summed E-state index contributed by atoms with van der Waals surface area (Å²) in [5.41, 5.74) is 27.2. The Morgan fingerprint density at radius 3 is 0.676 bits per heavy atom. The molecule has 3 nitrogen and oxygen atoms in total. The van der Waals surface area contributed by atoms with Crippen LogP contribution in [-0.4, -0.2) is 13.2 Å². The third kappa shape index (κ3) is 25.4. The summed E-state index contributed by atoms with van der Waals surface area (Å²) < 4.78 is 29.3. The fourth-order valence-electron chi connectivity index (χ4n) is 19.0. The molecule has 0 spiro atoms. The Morgan fingerprint density at radius 2 is 0.434 bits per heavy atom. The highest BCUT2D eigenvalue weighted by Crippen LogP contribution is 2.54. The standard InChI is InChI=1S/C58H42.C28H16Br2.2C15H13Br.C11H16BrO3P.C7H6Br2/c1-39(43-21-5-3-6-22-43)35-41-19-17-25-45(37-41)55-47-27-9-13-31-51(47)57(52-32-14-10-28-48(52)55)58-53-33-15-11-29-49(53)56(50-30-12-16-34-54(50)58)46-26-18-20-42(38-46)36-40(2)44-23-7-4-8-24-44;29-27-21-13-5-1-9-17(21)25(18-10-2-6-14-22(18)27)26-19-11-3-7-15-23(19)28(30)24-16-8-4-12-20(24)26;2*1-12(14-7-3-2-4-8-14)10-13-6-5-9-15(16)11-13;1-3-14-16(13,15-4-2)9-10-6-5-7-11(12)8-10;8-5-6-2-1-3-7(9)4-6/h3-38H,1-2H3;1-16H;2*2-11H,1H3;5-8H,3-4,9H2,1-2H3;1-4H,5H2/b39-35+,40-36+;;2*12-10+;;. The Kier molecular flexibility index (Phi) is 35.8. The number of allylic oxidation sites excluding steroid dienone is 4. The number of halogens is 7. The average Bonchev–Trinajstić information content (AvgIpc) is 0.702. The van der Waals surface area contributed by atoms with Crippen LogP contribution in [0.2, 0.25) is 0 Å². The summed E-state index contributed by atoms with van der Waals surface area (Å²) in [7, 11) is -2.98. The Labute approximate surface area is 910 Å². The van der Waals surface area contributed by atoms with Crippen molar-refractivity contribution < 1.29 is 13.6 Å². The largest absolute Gasteiger partial charge is 0.335 e. The number of alkyl halides is 1. The molecule has 0 radical (unpaired) electrons. The van der Waals surface area contributed by atoms with Crippen LogP contribution in [0, 0.1) is 0 Å². The molecule has 0 bridgehead atoms. The van der Waals surface area contributed by atoms with E-state index in [2.05, 4.69) is 552 Å². The molecule has 0 aliphatic rings. The van der Waals surface area contributed by atoms with E-state index in [-0.39, 0.29) is 0 Å². The lowest BCUT2D eigenvalue weighted by molar-refractivity contribution is 0.219. The lowest BCUT2D eigenvalue weighted by atomic mass is 9.81. The summed E-state index contributed by atoms with van der Waals surface area (Å²) in [5.74, 6) is 0. The fourth-order valence-corrected chi connectivity index (χ4v) is 24.2. The molecule has 145 heavy (non-hydrogen) atoms. The maximum Gasteiger partial charge on any atom is 0.335 e. The first-order valence-corrected chi connectivity index (χ1v) is 56.1. The van der Waals surface area contributed by atoms with Crippen LogP contribution in [0.1, 0.15) is 97.2 Å². The first-order valence-electron chi connectivity index (χ1n) is 48.5. The SMILES string of the molecule is BrCc1cccc(Br)c1.Brc1c2ccccc2c(-c2c3ccccc3c(Br)c3ccccc23)c2ccccc12.C/C(=C\c1cccc(-c2c3ccccc3c(-c3c4ccccc4c(-c4cccc(/C=C(\C)c5ccccc5)c4)c4ccccc34)c3ccccc23)c1)c1ccccc1.C/C(=C\c1cccc(Br)c1)c1ccccc1.C/C(=C\c1cccc(Br)c1)c1ccccc1.CCOP(=O)(Cc1cccc(Br)c1)OCC. The highest BCUT2D eigenvalue weighted by molar-refractivity contribution is 9.11. The van der Waals surface area contributed by atoms with E-state index in [4.69, 9.17) is 9.05 Å². The van der Waals surface area contributed by atoms with Crippen molar-refractivity contribution in [3.05, 3.63) is 544 Å². The van der Waals surface area contributed by atoms with Crippen LogP contribution in [-0.2, 0) is 25.1 Å². The molecular weight excluding hydrogens is 2250 g/mol. The van der Waals surface area contributed by atoms with Crippen molar-refractivity contribution in [2.75, 3.05) is 13.2 Å². The number of rotatable bonds is 19. The van der Waals surface area contributed by atoms with Gasteiger partial charge in [-0.25, -0.2) is 0 Å². The van der Waals surface area contributed by atoms with Gasteiger partial charge in [-0.3, -0.25) is 4.57 Å². The Hall–Kier alpha value is -12.6. The minimum Gasteiger partial charge on any atom is -0.309 e. The zero-order valence-corrected chi connectivity index (χ0v) is 93.3. The van der Waals surface area contributed by atoms with Crippen molar-refractivity contribution >= 4 is 252 Å². The molecule has 11 heteroatoms. The van der Waals surface area contributed by atoms with Gasteiger partial charge in [-0.2, -0.15) is 0 Å². The predicted octanol–water partition coefficient (Wildman–Crippen LogP) is 43.5. The van der Waals surface area contributed by atoms with E-state index < -0.39 is 7.60 Å². The summed E-state index contributed by atoms with van der Waals surface area (Å²) in [6.45, 7) is 13.1. The second-order valence-electron chi connectivity index (χ2n) is 35.4. The molecule has 0 heterocycles. The van der Waals surface area contributed by atoms with Gasteiger partial charge in [0.15, 0.2) is 0 Å². The van der Waals surface area contributed by atoms with Gasteiger partial charge in [-0.15, -0.1) is 0 Å². The van der Waals surface area contributed by atoms with Gasteiger partial charge in [0.2, 0.25) is 0 Å². The smallest absolute Gasteiger partial charge is 0.309 e. The topological polar surface area (TPSA) is 35.5 Å². The molecular formula is C134H106Br7O3P. The minimum absolute atomic E-state index is 0.314. The second-order valence-corrected chi connectivity index (χ2v) is 43.2. The summed E-state index contributed by atoms with van der Waals surface area (Å²) >= 11 is 24.9. The average molecular weight is 2350 g/mol. The highest BCUT2D eigenvalue weighted by Gasteiger charge is 2.27. The van der Waals surface area contributed by atoms with E-state index in [1.807, 2.05) is 86.6 Å². The van der Waals surface area contributed by atoms with Crippen LogP contribution in [0.4, 0.5) is 0 Å². The Balaban J connectivity index is 0.000000137. The Bertz CT molecular complexity index is 7890. The number of hydrogen-bond donors (Lipinski definition) is 0. The molecule has 0 saturated heterocycles. The first-order chi connectivity index (χ1) is 70.8. The van der Waals surface area contributed by atoms with Gasteiger partial charge in [0.25, 0.3) is 0 Å². The van der Waals surface area contributed by atoms with Gasteiger partial charge in [0, 0.05) is 32.2 Å². The molecule has 0 aliphatic heterocycles. The lowest BCUT2D eigenvalue weighted by Gasteiger charge is -2.22. The molecule has 22 rings (SSSR count). The van der Waals surface area contributed by atoms with Crippen LogP contribution < -0.4 is 0 Å². The third-order valence-corrected chi connectivity index (χ3v) is 31.9. The second kappa shape index (κ2) is 50.0. The fraction of sp³-hybridized carbons (Fsp3) is 0.0746. The van der Waals surface area contributed by atoms with Gasteiger partial charge < -0.3 is 9.05 Å². The van der Waals surface area contributed by atoms with Crippen molar-refractivity contribution in [1.82, 2.24) is 0 Å². The maximum atomic E-state index is 12.2. The van der Waals surface area contributed by atoms with E-state index in [0.717, 1.165) is 37.7 Å². The number of fused-ring (bicyclic) bond motifs is 8. The summed E-state index contributed by atoms with van der Waals surface area (Å²) in [5, 5.41) is 21.0. The molecule has 22 aromatic carbocycles. The molecule has 0 N–H and O–H groups in total. The predicted molar refractivity (Wildman–Crippen MR) is 654 cm³/mol. The van der Waals surface area contributed by atoms with Crippen LogP contribution in [0.5, 0.6) is 0 Å². The molecule has 0 atom stereocenters. The normalized spacial score (nSPS) is 11.7. The molecule has 0 unspecified atom stereocenters. The van der Waals surface area contributed by atoms with Gasteiger partial charge in [0.05, 0.1) is 19.4 Å². The maximum absolute atomic E-state index is 12.2. The van der Waals surface area contributed by atoms with Crippen LogP contribution in [0.15, 0.2) is 488 Å². The highest BCUT2D eigenvalue weighted by atomic mass is 79.9. The van der Waals surface area contributed by atoms with E-state index in [1.54, 1.807) is 0 Å². The van der Waals surface area contributed by atoms with Gasteiger partial charge in [0.1, 0.15) is 0 Å². The molecule has 0 amide bonds. The number of hydrogen-bond acceptors (Lipinski definition) is 3. The lowest BCUT2D eigenvalue weighted by Crippen LogP contribution is -1.99. The molecule has 714 valence electrons. The Morgan fingerprint density at radius 1 is 0.228 bits per heavy atom. The van der Waals surface area contributed by atoms with Gasteiger partial charge in [-0.05, 0) is 343 Å². The monoisotopic (exact) mass is 2350 g/mol. The van der Waals surface area contributed by atoms with Crippen molar-refractivity contribution in [2.45, 2.75) is 53.0 Å². The van der Waals surface area contributed by atoms with E-state index in [1.165, 1.54) is 203 Å². The summed E-state index contributed by atoms with van der Waals surface area (Å²) in [6.07, 6.45) is 9.30. The zero-order valence-electron chi connectivity index (χ0n) is 81.3. The molecule has 0 aromatic heterocycles. The van der Waals surface area contributed by atoms with Crippen LogP contribution >= 0.6 is 119 Å². The molecule has 0 fully saturated rings. The summed E-state index contributed by atoms with van der Waals surface area (Å²) in [4.78, 5) is 0. The zero-order chi connectivity index (χ0) is 101. The summed E-state index contributed by atoms with van der Waals surface area (Å²) in [6, 6.07) is 164. The van der Waals surface area contributed by atoms with E-state index >= 15 is 0 Å². The van der Waals surface area contributed by atoms with Crippen LogP contribution in [0.25, 0.3) is 177 Å². The first kappa shape index (κ1) is 104.